The lowest BCUT2D eigenvalue weighted by Gasteiger charge is -2.12. The number of benzene rings is 2. The van der Waals surface area contributed by atoms with Gasteiger partial charge in [0.1, 0.15) is 0 Å². The van der Waals surface area contributed by atoms with Crippen LogP contribution in [-0.4, -0.2) is 31.9 Å². The summed E-state index contributed by atoms with van der Waals surface area (Å²) < 4.78 is 25.1. The Morgan fingerprint density at radius 3 is 2.39 bits per heavy atom. The quantitative estimate of drug-likeness (QED) is 0.880. The first-order valence-electron chi connectivity index (χ1n) is 7.79. The van der Waals surface area contributed by atoms with Gasteiger partial charge in [0.05, 0.1) is 17.3 Å². The molecule has 4 nitrogen and oxygen atoms in total. The van der Waals surface area contributed by atoms with E-state index in [0.29, 0.717) is 16.4 Å². The number of rotatable bonds is 5. The standard InChI is InChI=1S/C18H21NO3S/c20-12-14-6-8-18(9-7-14)23(21,22)13-17-10-16(11-19-17)15-4-2-1-3-5-15/h1-9,16-17,19-20H,10-13H2/t16-,17-/m0/s1. The first-order valence-corrected chi connectivity index (χ1v) is 9.44. The zero-order valence-electron chi connectivity index (χ0n) is 12.9. The van der Waals surface area contributed by atoms with Crippen molar-refractivity contribution in [3.05, 3.63) is 65.7 Å². The van der Waals surface area contributed by atoms with E-state index >= 15 is 0 Å². The van der Waals surface area contributed by atoms with Crippen LogP contribution in [0.3, 0.4) is 0 Å². The van der Waals surface area contributed by atoms with Gasteiger partial charge in [0.15, 0.2) is 9.84 Å². The molecule has 2 N–H and O–H groups in total. The van der Waals surface area contributed by atoms with Gasteiger partial charge in [-0.25, -0.2) is 8.42 Å². The third-order valence-electron chi connectivity index (χ3n) is 4.38. The van der Waals surface area contributed by atoms with Crippen LogP contribution in [-0.2, 0) is 16.4 Å². The molecule has 3 rings (SSSR count). The van der Waals surface area contributed by atoms with Gasteiger partial charge < -0.3 is 10.4 Å². The predicted octanol–water partition coefficient (Wildman–Crippen LogP) is 2.10. The van der Waals surface area contributed by atoms with Crippen molar-refractivity contribution in [1.82, 2.24) is 5.32 Å². The van der Waals surface area contributed by atoms with Gasteiger partial charge in [-0.15, -0.1) is 0 Å². The van der Waals surface area contributed by atoms with E-state index in [4.69, 9.17) is 5.11 Å². The molecule has 122 valence electrons. The Kier molecular flexibility index (Phi) is 4.80. The Labute approximate surface area is 137 Å². The number of aliphatic hydroxyl groups is 1. The lowest BCUT2D eigenvalue weighted by molar-refractivity contribution is 0.282. The van der Waals surface area contributed by atoms with Crippen molar-refractivity contribution in [3.8, 4) is 0 Å². The molecule has 2 aromatic rings. The van der Waals surface area contributed by atoms with Crippen molar-refractivity contribution in [2.24, 2.45) is 0 Å². The van der Waals surface area contributed by atoms with Crippen molar-refractivity contribution in [2.45, 2.75) is 29.9 Å². The molecule has 23 heavy (non-hydrogen) atoms. The fraction of sp³-hybridized carbons (Fsp3) is 0.333. The Morgan fingerprint density at radius 1 is 1.04 bits per heavy atom. The number of hydrogen-bond donors (Lipinski definition) is 2. The Bertz CT molecular complexity index is 742. The van der Waals surface area contributed by atoms with Gasteiger partial charge in [-0.05, 0) is 35.6 Å². The highest BCUT2D eigenvalue weighted by Gasteiger charge is 2.29. The van der Waals surface area contributed by atoms with Gasteiger partial charge in [0.2, 0.25) is 0 Å². The van der Waals surface area contributed by atoms with Gasteiger partial charge in [-0.1, -0.05) is 42.5 Å². The zero-order chi connectivity index (χ0) is 16.3. The van der Waals surface area contributed by atoms with Crippen LogP contribution < -0.4 is 5.32 Å². The molecule has 0 bridgehead atoms. The molecule has 0 unspecified atom stereocenters. The molecular weight excluding hydrogens is 310 g/mol. The van der Waals surface area contributed by atoms with Gasteiger partial charge in [0.25, 0.3) is 0 Å². The Hall–Kier alpha value is -1.69. The molecule has 1 aliphatic heterocycles. The SMILES string of the molecule is O=S(=O)(C[C@@H]1C[C@H](c2ccccc2)CN1)c1ccc(CO)cc1. The summed E-state index contributed by atoms with van der Waals surface area (Å²) in [5.74, 6) is 0.475. The van der Waals surface area contributed by atoms with Gasteiger partial charge in [-0.2, -0.15) is 0 Å². The van der Waals surface area contributed by atoms with E-state index in [1.165, 1.54) is 5.56 Å². The number of sulfone groups is 1. The van der Waals surface area contributed by atoms with Crippen molar-refractivity contribution in [2.75, 3.05) is 12.3 Å². The first-order chi connectivity index (χ1) is 11.1. The normalized spacial score (nSPS) is 21.4. The number of nitrogens with one attached hydrogen (secondary N) is 1. The van der Waals surface area contributed by atoms with E-state index in [-0.39, 0.29) is 18.4 Å². The average molecular weight is 331 g/mol. The minimum absolute atomic E-state index is 0.0253. The maximum atomic E-state index is 12.5. The molecule has 0 radical (unpaired) electrons. The Balaban J connectivity index is 1.67. The van der Waals surface area contributed by atoms with Gasteiger partial charge in [-0.3, -0.25) is 0 Å². The summed E-state index contributed by atoms with van der Waals surface area (Å²) in [5.41, 5.74) is 1.97. The second-order valence-corrected chi connectivity index (χ2v) is 8.07. The summed E-state index contributed by atoms with van der Waals surface area (Å²) in [7, 11) is -3.32. The highest BCUT2D eigenvalue weighted by atomic mass is 32.2. The number of aliphatic hydroxyl groups excluding tert-OH is 1. The molecule has 0 aromatic heterocycles. The van der Waals surface area contributed by atoms with Crippen LogP contribution in [0.5, 0.6) is 0 Å². The summed E-state index contributed by atoms with van der Waals surface area (Å²) in [6.07, 6.45) is 0.831. The van der Waals surface area contributed by atoms with Crippen molar-refractivity contribution in [1.29, 1.82) is 0 Å². The molecule has 0 saturated carbocycles. The molecule has 0 spiro atoms. The summed E-state index contributed by atoms with van der Waals surface area (Å²) in [6.45, 7) is 0.733. The summed E-state index contributed by atoms with van der Waals surface area (Å²) in [5, 5.41) is 12.4. The highest BCUT2D eigenvalue weighted by Crippen LogP contribution is 2.27. The molecule has 2 aromatic carbocycles. The largest absolute Gasteiger partial charge is 0.392 e. The summed E-state index contributed by atoms with van der Waals surface area (Å²) in [6, 6.07) is 16.6. The minimum Gasteiger partial charge on any atom is -0.392 e. The molecule has 2 atom stereocenters. The smallest absolute Gasteiger partial charge is 0.179 e. The fourth-order valence-electron chi connectivity index (χ4n) is 3.09. The van der Waals surface area contributed by atoms with E-state index in [0.717, 1.165) is 13.0 Å². The summed E-state index contributed by atoms with van der Waals surface area (Å²) >= 11 is 0. The van der Waals surface area contributed by atoms with E-state index < -0.39 is 9.84 Å². The lowest BCUT2D eigenvalue weighted by atomic mass is 9.97. The molecule has 5 heteroatoms. The van der Waals surface area contributed by atoms with E-state index in [2.05, 4.69) is 17.4 Å². The fourth-order valence-corrected chi connectivity index (χ4v) is 4.62. The van der Waals surface area contributed by atoms with Crippen molar-refractivity contribution < 1.29 is 13.5 Å². The second-order valence-electron chi connectivity index (χ2n) is 6.03. The maximum absolute atomic E-state index is 12.5. The monoisotopic (exact) mass is 331 g/mol. The Morgan fingerprint density at radius 2 is 1.74 bits per heavy atom. The first kappa shape index (κ1) is 16.2. The number of hydrogen-bond acceptors (Lipinski definition) is 4. The van der Waals surface area contributed by atoms with Gasteiger partial charge in [0, 0.05) is 12.6 Å². The van der Waals surface area contributed by atoms with E-state index in [1.54, 1.807) is 24.3 Å². The van der Waals surface area contributed by atoms with Crippen molar-refractivity contribution >= 4 is 9.84 Å². The predicted molar refractivity (Wildman–Crippen MR) is 90.0 cm³/mol. The third-order valence-corrected chi connectivity index (χ3v) is 6.21. The van der Waals surface area contributed by atoms with Gasteiger partial charge >= 0.3 is 0 Å². The van der Waals surface area contributed by atoms with E-state index in [9.17, 15) is 8.42 Å². The van der Waals surface area contributed by atoms with Crippen molar-refractivity contribution in [3.63, 3.8) is 0 Å². The molecule has 1 aliphatic rings. The third kappa shape index (κ3) is 3.80. The molecule has 0 aliphatic carbocycles. The van der Waals surface area contributed by atoms with Crippen LogP contribution in [0.25, 0.3) is 0 Å². The molecule has 1 heterocycles. The molecule has 1 fully saturated rings. The second kappa shape index (κ2) is 6.83. The minimum atomic E-state index is -3.32. The van der Waals surface area contributed by atoms with Crippen LogP contribution in [0.2, 0.25) is 0 Å². The van der Waals surface area contributed by atoms with E-state index in [1.807, 2.05) is 18.2 Å². The average Bonchev–Trinajstić information content (AvgIpc) is 3.03. The van der Waals surface area contributed by atoms with Crippen LogP contribution in [0.15, 0.2) is 59.5 Å². The lowest BCUT2D eigenvalue weighted by Crippen LogP contribution is -2.29. The zero-order valence-corrected chi connectivity index (χ0v) is 13.7. The molecule has 1 saturated heterocycles. The topological polar surface area (TPSA) is 66.4 Å². The van der Waals surface area contributed by atoms with Crippen LogP contribution in [0, 0.1) is 0 Å². The van der Waals surface area contributed by atoms with Crippen LogP contribution in [0.1, 0.15) is 23.5 Å². The highest BCUT2D eigenvalue weighted by molar-refractivity contribution is 7.91. The summed E-state index contributed by atoms with van der Waals surface area (Å²) in [4.78, 5) is 0.319. The van der Waals surface area contributed by atoms with Crippen LogP contribution in [0.4, 0.5) is 0 Å². The van der Waals surface area contributed by atoms with Crippen LogP contribution >= 0.6 is 0 Å². The molecular formula is C18H21NO3S. The maximum Gasteiger partial charge on any atom is 0.179 e. The molecule has 0 amide bonds.